The summed E-state index contributed by atoms with van der Waals surface area (Å²) in [5.41, 5.74) is 2.81. The molecule has 9 heteroatoms. The molecule has 32 heavy (non-hydrogen) atoms. The average molecular weight is 427 g/mol. The van der Waals surface area contributed by atoms with Crippen LogP contribution in [0.25, 0.3) is 16.8 Å². The molecule has 0 unspecified atom stereocenters. The molecule has 2 N–H and O–H groups in total. The minimum absolute atomic E-state index is 0.0958. The molecule has 5 rings (SSSR count). The van der Waals surface area contributed by atoms with Crippen LogP contribution in [-0.2, 0) is 0 Å². The molecule has 0 amide bonds. The number of hydrogen-bond acceptors (Lipinski definition) is 7. The monoisotopic (exact) mass is 427 g/mol. The quantitative estimate of drug-likeness (QED) is 0.391. The third-order valence-corrected chi connectivity index (χ3v) is 4.78. The van der Waals surface area contributed by atoms with Gasteiger partial charge in [-0.2, -0.15) is 4.98 Å². The number of nitrogens with one attached hydrogen (secondary N) is 1. The van der Waals surface area contributed by atoms with Gasteiger partial charge in [-0.15, -0.1) is 0 Å². The van der Waals surface area contributed by atoms with Crippen molar-refractivity contribution in [2.24, 2.45) is 0 Å². The van der Waals surface area contributed by atoms with Crippen molar-refractivity contribution >= 4 is 28.8 Å². The molecule has 0 bridgehead atoms. The summed E-state index contributed by atoms with van der Waals surface area (Å²) in [4.78, 5) is 23.7. The third-order valence-electron chi connectivity index (χ3n) is 4.78. The van der Waals surface area contributed by atoms with E-state index in [1.54, 1.807) is 30.5 Å². The summed E-state index contributed by atoms with van der Waals surface area (Å²) in [6.45, 7) is 1.93. The zero-order chi connectivity index (χ0) is 22.1. The maximum Gasteiger partial charge on any atom is 0.354 e. The van der Waals surface area contributed by atoms with E-state index in [-0.39, 0.29) is 5.69 Å². The Kier molecular flexibility index (Phi) is 4.75. The number of carboxylic acid groups (broad SMARTS) is 1. The van der Waals surface area contributed by atoms with E-state index in [9.17, 15) is 4.79 Å². The first-order valence-electron chi connectivity index (χ1n) is 9.71. The molecule has 2 aromatic carbocycles. The molecule has 3 aromatic heterocycles. The van der Waals surface area contributed by atoms with Crippen LogP contribution in [0.1, 0.15) is 16.3 Å². The predicted molar refractivity (Wildman–Crippen MR) is 117 cm³/mol. The van der Waals surface area contributed by atoms with Gasteiger partial charge in [-0.3, -0.25) is 0 Å². The lowest BCUT2D eigenvalue weighted by atomic mass is 10.2. The Bertz CT molecular complexity index is 1440. The molecular weight excluding hydrogens is 410 g/mol. The predicted octanol–water partition coefficient (Wildman–Crippen LogP) is 4.95. The molecule has 158 valence electrons. The number of rotatable bonds is 6. The van der Waals surface area contributed by atoms with Crippen LogP contribution in [0.2, 0.25) is 0 Å². The molecule has 0 spiro atoms. The second-order valence-electron chi connectivity index (χ2n) is 6.92. The van der Waals surface area contributed by atoms with E-state index in [1.165, 1.54) is 12.3 Å². The van der Waals surface area contributed by atoms with Gasteiger partial charge >= 0.3 is 5.97 Å². The number of carbonyl (C=O) groups is 1. The number of nitrogens with zero attached hydrogens (tertiary/aromatic N) is 4. The molecule has 0 aliphatic carbocycles. The van der Waals surface area contributed by atoms with Gasteiger partial charge in [0.05, 0.1) is 11.4 Å². The van der Waals surface area contributed by atoms with Gasteiger partial charge in [-0.05, 0) is 37.3 Å². The third kappa shape index (κ3) is 3.74. The van der Waals surface area contributed by atoms with Crippen LogP contribution in [0.3, 0.4) is 0 Å². The van der Waals surface area contributed by atoms with Gasteiger partial charge in [0.1, 0.15) is 22.8 Å². The number of ether oxygens (including phenoxy) is 1. The summed E-state index contributed by atoms with van der Waals surface area (Å²) in [5.74, 6) is 0.584. The fourth-order valence-corrected chi connectivity index (χ4v) is 3.29. The lowest BCUT2D eigenvalue weighted by Gasteiger charge is -2.11. The van der Waals surface area contributed by atoms with Gasteiger partial charge in [-0.25, -0.2) is 14.8 Å². The van der Waals surface area contributed by atoms with Gasteiger partial charge in [0, 0.05) is 30.7 Å². The van der Waals surface area contributed by atoms with Crippen molar-refractivity contribution in [1.29, 1.82) is 0 Å². The van der Waals surface area contributed by atoms with Gasteiger partial charge in [0.15, 0.2) is 11.3 Å². The highest BCUT2D eigenvalue weighted by Gasteiger charge is 2.12. The minimum Gasteiger partial charge on any atom is -0.477 e. The number of hydrogen-bond donors (Lipinski definition) is 2. The Morgan fingerprint density at radius 3 is 2.72 bits per heavy atom. The topological polar surface area (TPSA) is 115 Å². The summed E-state index contributed by atoms with van der Waals surface area (Å²) in [7, 11) is 0. The Morgan fingerprint density at radius 1 is 1.06 bits per heavy atom. The first-order chi connectivity index (χ1) is 15.6. The minimum atomic E-state index is -1.12. The molecule has 0 radical (unpaired) electrons. The Morgan fingerprint density at radius 2 is 1.91 bits per heavy atom. The van der Waals surface area contributed by atoms with Crippen LogP contribution < -0.4 is 10.1 Å². The van der Waals surface area contributed by atoms with E-state index < -0.39 is 5.97 Å². The highest BCUT2D eigenvalue weighted by atomic mass is 16.5. The van der Waals surface area contributed by atoms with E-state index >= 15 is 0 Å². The van der Waals surface area contributed by atoms with E-state index in [0.29, 0.717) is 28.6 Å². The lowest BCUT2D eigenvalue weighted by molar-refractivity contribution is 0.0690. The highest BCUT2D eigenvalue weighted by Crippen LogP contribution is 2.30. The zero-order valence-corrected chi connectivity index (χ0v) is 16.9. The first-order valence-corrected chi connectivity index (χ1v) is 9.71. The van der Waals surface area contributed by atoms with Crippen LogP contribution in [0.15, 0.2) is 77.6 Å². The number of aromatic carboxylic acids is 1. The molecular formula is C23H17N5O4. The molecule has 0 saturated carbocycles. The van der Waals surface area contributed by atoms with Crippen molar-refractivity contribution in [2.75, 3.05) is 5.32 Å². The summed E-state index contributed by atoms with van der Waals surface area (Å²) < 4.78 is 13.6. The van der Waals surface area contributed by atoms with Gasteiger partial charge in [0.2, 0.25) is 0 Å². The van der Waals surface area contributed by atoms with E-state index in [1.807, 2.05) is 42.0 Å². The zero-order valence-electron chi connectivity index (χ0n) is 16.9. The largest absolute Gasteiger partial charge is 0.477 e. The second-order valence-corrected chi connectivity index (χ2v) is 6.92. The number of oxazole rings is 1. The summed E-state index contributed by atoms with van der Waals surface area (Å²) in [6.07, 6.45) is 5.02. The van der Waals surface area contributed by atoms with Crippen LogP contribution in [0.5, 0.6) is 11.5 Å². The SMILES string of the molecule is Cc1nccn1-c1ccccc1Nc1nc2ccc(Oc3ccnc(C(=O)O)c3)cc2o1. The number of para-hydroxylation sites is 2. The van der Waals surface area contributed by atoms with Crippen LogP contribution in [0, 0.1) is 6.92 Å². The second kappa shape index (κ2) is 7.88. The number of pyridine rings is 1. The molecule has 0 aliphatic heterocycles. The molecule has 0 fully saturated rings. The Hall–Kier alpha value is -4.66. The molecule has 0 saturated heterocycles. The standard InChI is InChI=1S/C23H17N5O4/c1-14-24-10-11-28(14)20-5-3-2-4-17(20)26-23-27-18-7-6-15(13-21(18)32-23)31-16-8-9-25-19(12-16)22(29)30/h2-13H,1H3,(H,26,27)(H,29,30). The number of aromatic nitrogens is 4. The van der Waals surface area contributed by atoms with Crippen molar-refractivity contribution in [3.8, 4) is 17.2 Å². The highest BCUT2D eigenvalue weighted by molar-refractivity contribution is 5.85. The fraction of sp³-hybridized carbons (Fsp3) is 0.0435. The number of aryl methyl sites for hydroxylation is 1. The van der Waals surface area contributed by atoms with Crippen molar-refractivity contribution in [2.45, 2.75) is 6.92 Å². The van der Waals surface area contributed by atoms with Crippen LogP contribution in [-0.4, -0.2) is 30.6 Å². The summed E-state index contributed by atoms with van der Waals surface area (Å²) in [5, 5.41) is 12.3. The molecule has 9 nitrogen and oxygen atoms in total. The number of fused-ring (bicyclic) bond motifs is 1. The molecule has 0 atom stereocenters. The maximum atomic E-state index is 11.1. The van der Waals surface area contributed by atoms with E-state index in [4.69, 9.17) is 14.3 Å². The molecule has 0 aliphatic rings. The van der Waals surface area contributed by atoms with Crippen molar-refractivity contribution in [3.63, 3.8) is 0 Å². The van der Waals surface area contributed by atoms with E-state index in [0.717, 1.165) is 17.2 Å². The van der Waals surface area contributed by atoms with E-state index in [2.05, 4.69) is 20.3 Å². The van der Waals surface area contributed by atoms with Gasteiger partial charge < -0.3 is 24.1 Å². The smallest absolute Gasteiger partial charge is 0.354 e. The average Bonchev–Trinajstić information content (AvgIpc) is 3.39. The lowest BCUT2D eigenvalue weighted by Crippen LogP contribution is -2.01. The van der Waals surface area contributed by atoms with Crippen LogP contribution in [0.4, 0.5) is 11.7 Å². The van der Waals surface area contributed by atoms with Crippen molar-refractivity contribution in [1.82, 2.24) is 19.5 Å². The number of anilines is 2. The number of carboxylic acids is 1. The van der Waals surface area contributed by atoms with Crippen molar-refractivity contribution < 1.29 is 19.1 Å². The summed E-state index contributed by atoms with van der Waals surface area (Å²) >= 11 is 0. The fourth-order valence-electron chi connectivity index (χ4n) is 3.29. The van der Waals surface area contributed by atoms with Crippen LogP contribution >= 0.6 is 0 Å². The maximum absolute atomic E-state index is 11.1. The molecule has 3 heterocycles. The first kappa shape index (κ1) is 19.3. The number of imidazole rings is 1. The molecule has 5 aromatic rings. The normalized spacial score (nSPS) is 10.9. The Balaban J connectivity index is 1.42. The van der Waals surface area contributed by atoms with Gasteiger partial charge in [0.25, 0.3) is 6.01 Å². The van der Waals surface area contributed by atoms with Gasteiger partial charge in [-0.1, -0.05) is 12.1 Å². The Labute approximate surface area is 182 Å². The van der Waals surface area contributed by atoms with Crippen molar-refractivity contribution in [3.05, 3.63) is 84.7 Å². The summed E-state index contributed by atoms with van der Waals surface area (Å²) in [6, 6.07) is 16.3. The number of benzene rings is 2.